The van der Waals surface area contributed by atoms with E-state index in [0.717, 1.165) is 19.4 Å². The second-order valence-corrected chi connectivity index (χ2v) is 7.22. The SMILES string of the molecule is CN1CCN(C(=O)C2(c3ccccc3F)CC2)CC1c1ccccc1. The molecule has 0 bridgehead atoms. The van der Waals surface area contributed by atoms with E-state index in [1.54, 1.807) is 12.1 Å². The maximum absolute atomic E-state index is 14.3. The van der Waals surface area contributed by atoms with Gasteiger partial charge in [-0.05, 0) is 31.5 Å². The first-order valence-corrected chi connectivity index (χ1v) is 8.91. The fourth-order valence-electron chi connectivity index (χ4n) is 3.97. The van der Waals surface area contributed by atoms with Crippen LogP contribution in [0.3, 0.4) is 0 Å². The Morgan fingerprint density at radius 2 is 1.72 bits per heavy atom. The van der Waals surface area contributed by atoms with Crippen LogP contribution in [0.25, 0.3) is 0 Å². The number of amides is 1. The number of hydrogen-bond donors (Lipinski definition) is 0. The molecule has 1 aliphatic carbocycles. The highest BCUT2D eigenvalue weighted by molar-refractivity contribution is 5.91. The number of likely N-dealkylation sites (N-methyl/N-ethyl adjacent to an activating group) is 1. The van der Waals surface area contributed by atoms with Crippen LogP contribution < -0.4 is 0 Å². The van der Waals surface area contributed by atoms with Gasteiger partial charge in [0.25, 0.3) is 0 Å². The first kappa shape index (κ1) is 16.3. The Morgan fingerprint density at radius 1 is 1.04 bits per heavy atom. The number of hydrogen-bond acceptors (Lipinski definition) is 2. The molecule has 2 fully saturated rings. The van der Waals surface area contributed by atoms with Gasteiger partial charge in [-0.15, -0.1) is 0 Å². The number of carbonyl (C=O) groups is 1. The Kier molecular flexibility index (Phi) is 4.08. The predicted octanol–water partition coefficient (Wildman–Crippen LogP) is 3.37. The molecule has 0 aromatic heterocycles. The molecule has 3 nitrogen and oxygen atoms in total. The predicted molar refractivity (Wildman–Crippen MR) is 95.7 cm³/mol. The van der Waals surface area contributed by atoms with Crippen molar-refractivity contribution in [3.05, 3.63) is 71.5 Å². The van der Waals surface area contributed by atoms with Crippen molar-refractivity contribution in [3.8, 4) is 0 Å². The summed E-state index contributed by atoms with van der Waals surface area (Å²) >= 11 is 0. The molecule has 0 spiro atoms. The van der Waals surface area contributed by atoms with E-state index >= 15 is 0 Å². The standard InChI is InChI=1S/C21H23FN2O/c1-23-13-14-24(15-19(23)16-7-3-2-4-8-16)20(25)21(11-12-21)17-9-5-6-10-18(17)22/h2-10,19H,11-15H2,1H3. The van der Waals surface area contributed by atoms with Crippen molar-refractivity contribution in [2.24, 2.45) is 0 Å². The average molecular weight is 338 g/mol. The minimum absolute atomic E-state index is 0.0895. The first-order valence-electron chi connectivity index (χ1n) is 8.91. The molecule has 1 amide bonds. The third-order valence-corrected chi connectivity index (χ3v) is 5.67. The lowest BCUT2D eigenvalue weighted by Gasteiger charge is -2.41. The fraction of sp³-hybridized carbons (Fsp3) is 0.381. The summed E-state index contributed by atoms with van der Waals surface area (Å²) in [5.74, 6) is -0.172. The number of benzene rings is 2. The monoisotopic (exact) mass is 338 g/mol. The zero-order valence-electron chi connectivity index (χ0n) is 14.5. The normalized spacial score (nSPS) is 22.6. The van der Waals surface area contributed by atoms with Gasteiger partial charge in [0.2, 0.25) is 5.91 Å². The minimum atomic E-state index is -0.636. The van der Waals surface area contributed by atoms with Crippen molar-refractivity contribution in [2.75, 3.05) is 26.7 Å². The highest BCUT2D eigenvalue weighted by atomic mass is 19.1. The van der Waals surface area contributed by atoms with Gasteiger partial charge in [-0.2, -0.15) is 0 Å². The van der Waals surface area contributed by atoms with Crippen molar-refractivity contribution < 1.29 is 9.18 Å². The molecule has 1 unspecified atom stereocenters. The molecule has 2 aromatic rings. The molecule has 130 valence electrons. The van der Waals surface area contributed by atoms with Gasteiger partial charge in [0.1, 0.15) is 5.82 Å². The van der Waals surface area contributed by atoms with E-state index in [4.69, 9.17) is 0 Å². The third-order valence-electron chi connectivity index (χ3n) is 5.67. The smallest absolute Gasteiger partial charge is 0.233 e. The van der Waals surface area contributed by atoms with Crippen LogP contribution in [0, 0.1) is 5.82 Å². The summed E-state index contributed by atoms with van der Waals surface area (Å²) in [6.45, 7) is 2.20. The van der Waals surface area contributed by atoms with Gasteiger partial charge in [0.05, 0.1) is 11.5 Å². The van der Waals surface area contributed by atoms with Gasteiger partial charge in [-0.3, -0.25) is 9.69 Å². The first-order chi connectivity index (χ1) is 12.1. The molecule has 2 aliphatic rings. The van der Waals surface area contributed by atoms with Crippen LogP contribution in [0.1, 0.15) is 30.0 Å². The highest BCUT2D eigenvalue weighted by Crippen LogP contribution is 2.50. The summed E-state index contributed by atoms with van der Waals surface area (Å²) in [5.41, 5.74) is 1.15. The summed E-state index contributed by atoms with van der Waals surface area (Å²) < 4.78 is 14.3. The molecule has 4 rings (SSSR count). The van der Waals surface area contributed by atoms with Crippen molar-refractivity contribution in [2.45, 2.75) is 24.3 Å². The molecular weight excluding hydrogens is 315 g/mol. The van der Waals surface area contributed by atoms with E-state index in [2.05, 4.69) is 24.1 Å². The Morgan fingerprint density at radius 3 is 2.40 bits per heavy atom. The van der Waals surface area contributed by atoms with Gasteiger partial charge in [0.15, 0.2) is 0 Å². The van der Waals surface area contributed by atoms with Crippen molar-refractivity contribution in [1.29, 1.82) is 0 Å². The fourth-order valence-corrected chi connectivity index (χ4v) is 3.97. The molecule has 0 N–H and O–H groups in total. The average Bonchev–Trinajstić information content (AvgIpc) is 3.44. The minimum Gasteiger partial charge on any atom is -0.339 e. The van der Waals surface area contributed by atoms with Gasteiger partial charge in [-0.1, -0.05) is 48.5 Å². The molecule has 1 heterocycles. The van der Waals surface area contributed by atoms with E-state index in [1.807, 2.05) is 29.2 Å². The summed E-state index contributed by atoms with van der Waals surface area (Å²) in [6.07, 6.45) is 1.49. The topological polar surface area (TPSA) is 23.6 Å². The zero-order valence-corrected chi connectivity index (χ0v) is 14.5. The van der Waals surface area contributed by atoms with Gasteiger partial charge < -0.3 is 4.90 Å². The lowest BCUT2D eigenvalue weighted by atomic mass is 9.92. The van der Waals surface area contributed by atoms with E-state index in [9.17, 15) is 9.18 Å². The van der Waals surface area contributed by atoms with Crippen molar-refractivity contribution in [3.63, 3.8) is 0 Å². The second kappa shape index (κ2) is 6.26. The van der Waals surface area contributed by atoms with Crippen LogP contribution in [-0.2, 0) is 10.2 Å². The Balaban J connectivity index is 1.58. The van der Waals surface area contributed by atoms with Crippen molar-refractivity contribution >= 4 is 5.91 Å². The maximum Gasteiger partial charge on any atom is 0.233 e. The maximum atomic E-state index is 14.3. The number of rotatable bonds is 3. The molecule has 1 atom stereocenters. The molecule has 4 heteroatoms. The van der Waals surface area contributed by atoms with Crippen LogP contribution in [0.2, 0.25) is 0 Å². The molecule has 1 saturated carbocycles. The van der Waals surface area contributed by atoms with Crippen LogP contribution in [0.5, 0.6) is 0 Å². The summed E-state index contributed by atoms with van der Waals surface area (Å²) in [4.78, 5) is 17.5. The van der Waals surface area contributed by atoms with E-state index in [1.165, 1.54) is 11.6 Å². The van der Waals surface area contributed by atoms with Crippen molar-refractivity contribution in [1.82, 2.24) is 9.80 Å². The van der Waals surface area contributed by atoms with Crippen LogP contribution in [0.4, 0.5) is 4.39 Å². The molecular formula is C21H23FN2O. The molecule has 25 heavy (non-hydrogen) atoms. The molecule has 1 aliphatic heterocycles. The van der Waals surface area contributed by atoms with Crippen LogP contribution >= 0.6 is 0 Å². The summed E-state index contributed by atoms with van der Waals surface area (Å²) in [5, 5.41) is 0. The van der Waals surface area contributed by atoms with E-state index in [0.29, 0.717) is 18.7 Å². The number of piperazine rings is 1. The molecule has 0 radical (unpaired) electrons. The van der Waals surface area contributed by atoms with Gasteiger partial charge >= 0.3 is 0 Å². The summed E-state index contributed by atoms with van der Waals surface area (Å²) in [6, 6.07) is 17.2. The molecule has 2 aromatic carbocycles. The molecule has 1 saturated heterocycles. The third kappa shape index (κ3) is 2.85. The van der Waals surface area contributed by atoms with Gasteiger partial charge in [0, 0.05) is 25.2 Å². The zero-order chi connectivity index (χ0) is 17.4. The van der Waals surface area contributed by atoms with Crippen LogP contribution in [-0.4, -0.2) is 42.4 Å². The highest BCUT2D eigenvalue weighted by Gasteiger charge is 2.54. The van der Waals surface area contributed by atoms with E-state index in [-0.39, 0.29) is 17.8 Å². The Labute approximate surface area is 148 Å². The number of halogens is 1. The number of nitrogens with zero attached hydrogens (tertiary/aromatic N) is 2. The lowest BCUT2D eigenvalue weighted by molar-refractivity contribution is -0.136. The van der Waals surface area contributed by atoms with Gasteiger partial charge in [-0.25, -0.2) is 4.39 Å². The van der Waals surface area contributed by atoms with Crippen LogP contribution in [0.15, 0.2) is 54.6 Å². The quantitative estimate of drug-likeness (QED) is 0.857. The van der Waals surface area contributed by atoms with E-state index < -0.39 is 5.41 Å². The Hall–Kier alpha value is -2.20. The number of carbonyl (C=O) groups excluding carboxylic acids is 1. The lowest BCUT2D eigenvalue weighted by Crippen LogP contribution is -2.51. The summed E-state index contributed by atoms with van der Waals surface area (Å²) in [7, 11) is 2.10. The largest absolute Gasteiger partial charge is 0.339 e. The Bertz CT molecular complexity index is 772. The second-order valence-electron chi connectivity index (χ2n) is 7.22.